The van der Waals surface area contributed by atoms with Crippen LogP contribution in [0.25, 0.3) is 0 Å². The summed E-state index contributed by atoms with van der Waals surface area (Å²) >= 11 is 0. The molecule has 0 saturated carbocycles. The van der Waals surface area contributed by atoms with E-state index in [1.54, 1.807) is 0 Å². The Balaban J connectivity index is 2.33. The van der Waals surface area contributed by atoms with Gasteiger partial charge in [-0.3, -0.25) is 4.79 Å². The van der Waals surface area contributed by atoms with Crippen LogP contribution in [0.2, 0.25) is 0 Å². The SMILES string of the molecule is Cc1cccc(C(C)C)c1N1CCCC(C(N)=O)C1. The predicted molar refractivity (Wildman–Crippen MR) is 79.4 cm³/mol. The third-order valence-electron chi connectivity index (χ3n) is 4.03. The fourth-order valence-electron chi connectivity index (χ4n) is 2.99. The van der Waals surface area contributed by atoms with Crippen molar-refractivity contribution >= 4 is 11.6 Å². The molecule has 1 atom stereocenters. The standard InChI is InChI=1S/C16H24N2O/c1-11(2)14-8-4-6-12(3)15(14)18-9-5-7-13(10-18)16(17)19/h4,6,8,11,13H,5,7,9-10H2,1-3H3,(H2,17,19). The molecule has 0 aliphatic carbocycles. The van der Waals surface area contributed by atoms with Gasteiger partial charge in [0.1, 0.15) is 0 Å². The number of piperidine rings is 1. The van der Waals surface area contributed by atoms with Crippen molar-refractivity contribution in [2.45, 2.75) is 39.5 Å². The van der Waals surface area contributed by atoms with Crippen LogP contribution in [0.15, 0.2) is 18.2 Å². The largest absolute Gasteiger partial charge is 0.370 e. The lowest BCUT2D eigenvalue weighted by Crippen LogP contribution is -2.41. The van der Waals surface area contributed by atoms with Gasteiger partial charge in [0.25, 0.3) is 0 Å². The van der Waals surface area contributed by atoms with Gasteiger partial charge in [-0.05, 0) is 36.8 Å². The summed E-state index contributed by atoms with van der Waals surface area (Å²) in [5.74, 6) is 0.321. The van der Waals surface area contributed by atoms with Crippen LogP contribution in [0, 0.1) is 12.8 Å². The molecule has 2 rings (SSSR count). The molecule has 3 nitrogen and oxygen atoms in total. The van der Waals surface area contributed by atoms with Gasteiger partial charge in [0.15, 0.2) is 0 Å². The molecule has 1 aromatic rings. The molecule has 0 aromatic heterocycles. The van der Waals surface area contributed by atoms with Gasteiger partial charge in [-0.1, -0.05) is 32.0 Å². The first kappa shape index (κ1) is 13.9. The van der Waals surface area contributed by atoms with Crippen LogP contribution in [0.4, 0.5) is 5.69 Å². The van der Waals surface area contributed by atoms with E-state index in [0.717, 1.165) is 25.9 Å². The van der Waals surface area contributed by atoms with Crippen LogP contribution in [0.3, 0.4) is 0 Å². The number of hydrogen-bond donors (Lipinski definition) is 1. The zero-order valence-electron chi connectivity index (χ0n) is 12.1. The summed E-state index contributed by atoms with van der Waals surface area (Å²) in [5, 5.41) is 0. The maximum atomic E-state index is 11.4. The average molecular weight is 260 g/mol. The number of rotatable bonds is 3. The first-order valence-electron chi connectivity index (χ1n) is 7.14. The zero-order chi connectivity index (χ0) is 14.0. The number of nitrogens with zero attached hydrogens (tertiary/aromatic N) is 1. The van der Waals surface area contributed by atoms with Crippen molar-refractivity contribution in [1.82, 2.24) is 0 Å². The molecule has 1 fully saturated rings. The normalized spacial score (nSPS) is 19.8. The average Bonchev–Trinajstić information content (AvgIpc) is 2.38. The van der Waals surface area contributed by atoms with Gasteiger partial charge in [0.2, 0.25) is 5.91 Å². The highest BCUT2D eigenvalue weighted by Gasteiger charge is 2.26. The number of benzene rings is 1. The molecular weight excluding hydrogens is 236 g/mol. The van der Waals surface area contributed by atoms with Gasteiger partial charge in [-0.25, -0.2) is 0 Å². The molecule has 3 heteroatoms. The lowest BCUT2D eigenvalue weighted by molar-refractivity contribution is -0.122. The minimum atomic E-state index is -0.163. The van der Waals surface area contributed by atoms with Crippen molar-refractivity contribution in [2.24, 2.45) is 11.7 Å². The van der Waals surface area contributed by atoms with E-state index in [4.69, 9.17) is 5.73 Å². The number of amides is 1. The van der Waals surface area contributed by atoms with Crippen molar-refractivity contribution in [2.75, 3.05) is 18.0 Å². The maximum absolute atomic E-state index is 11.4. The van der Waals surface area contributed by atoms with E-state index in [2.05, 4.69) is 43.9 Å². The number of para-hydroxylation sites is 1. The summed E-state index contributed by atoms with van der Waals surface area (Å²) in [5.41, 5.74) is 9.44. The lowest BCUT2D eigenvalue weighted by Gasteiger charge is -2.36. The van der Waals surface area contributed by atoms with Crippen molar-refractivity contribution < 1.29 is 4.79 Å². The van der Waals surface area contributed by atoms with Crippen LogP contribution in [-0.4, -0.2) is 19.0 Å². The van der Waals surface area contributed by atoms with E-state index in [-0.39, 0.29) is 11.8 Å². The van der Waals surface area contributed by atoms with Crippen molar-refractivity contribution in [1.29, 1.82) is 0 Å². The maximum Gasteiger partial charge on any atom is 0.222 e. The predicted octanol–water partition coefficient (Wildman–Crippen LogP) is 2.82. The molecule has 0 radical (unpaired) electrons. The van der Waals surface area contributed by atoms with E-state index in [9.17, 15) is 4.79 Å². The van der Waals surface area contributed by atoms with Crippen LogP contribution >= 0.6 is 0 Å². The number of anilines is 1. The Kier molecular flexibility index (Phi) is 4.13. The molecule has 1 aromatic carbocycles. The number of hydrogen-bond acceptors (Lipinski definition) is 2. The van der Waals surface area contributed by atoms with Crippen molar-refractivity contribution in [3.8, 4) is 0 Å². The van der Waals surface area contributed by atoms with Gasteiger partial charge < -0.3 is 10.6 Å². The molecule has 1 heterocycles. The second-order valence-corrected chi connectivity index (χ2v) is 5.85. The van der Waals surface area contributed by atoms with Crippen LogP contribution in [0.1, 0.15) is 43.7 Å². The Hall–Kier alpha value is -1.51. The summed E-state index contributed by atoms with van der Waals surface area (Å²) < 4.78 is 0. The van der Waals surface area contributed by atoms with Crippen LogP contribution in [0.5, 0.6) is 0 Å². The second-order valence-electron chi connectivity index (χ2n) is 5.85. The molecule has 0 spiro atoms. The second kappa shape index (κ2) is 5.64. The highest BCUT2D eigenvalue weighted by atomic mass is 16.1. The number of carbonyl (C=O) groups excluding carboxylic acids is 1. The Morgan fingerprint density at radius 1 is 1.42 bits per heavy atom. The van der Waals surface area contributed by atoms with E-state index in [1.807, 2.05) is 0 Å². The smallest absolute Gasteiger partial charge is 0.222 e. The van der Waals surface area contributed by atoms with Gasteiger partial charge in [-0.2, -0.15) is 0 Å². The molecule has 1 aliphatic heterocycles. The molecule has 1 aliphatic rings. The lowest BCUT2D eigenvalue weighted by atomic mass is 9.92. The fourth-order valence-corrected chi connectivity index (χ4v) is 2.99. The Labute approximate surface area is 115 Å². The fraction of sp³-hybridized carbons (Fsp3) is 0.562. The van der Waals surface area contributed by atoms with Gasteiger partial charge in [-0.15, -0.1) is 0 Å². The molecule has 19 heavy (non-hydrogen) atoms. The van der Waals surface area contributed by atoms with Crippen molar-refractivity contribution in [3.63, 3.8) is 0 Å². The monoisotopic (exact) mass is 260 g/mol. The molecule has 1 saturated heterocycles. The summed E-state index contributed by atoms with van der Waals surface area (Å²) in [6, 6.07) is 6.46. The number of nitrogens with two attached hydrogens (primary N) is 1. The van der Waals surface area contributed by atoms with Crippen molar-refractivity contribution in [3.05, 3.63) is 29.3 Å². The molecule has 0 bridgehead atoms. The summed E-state index contributed by atoms with van der Waals surface area (Å²) in [4.78, 5) is 13.8. The highest BCUT2D eigenvalue weighted by Crippen LogP contribution is 2.33. The Bertz CT molecular complexity index is 468. The topological polar surface area (TPSA) is 46.3 Å². The molecular formula is C16H24N2O. The first-order valence-corrected chi connectivity index (χ1v) is 7.14. The molecule has 2 N–H and O–H groups in total. The number of aryl methyl sites for hydroxylation is 1. The highest BCUT2D eigenvalue weighted by molar-refractivity contribution is 5.78. The van der Waals surface area contributed by atoms with E-state index >= 15 is 0 Å². The van der Waals surface area contributed by atoms with E-state index in [1.165, 1.54) is 16.8 Å². The van der Waals surface area contributed by atoms with Gasteiger partial charge in [0.05, 0.1) is 5.92 Å². The van der Waals surface area contributed by atoms with Gasteiger partial charge in [0, 0.05) is 18.8 Å². The molecule has 1 unspecified atom stereocenters. The quantitative estimate of drug-likeness (QED) is 0.908. The van der Waals surface area contributed by atoms with E-state index < -0.39 is 0 Å². The third-order valence-corrected chi connectivity index (χ3v) is 4.03. The summed E-state index contributed by atoms with van der Waals surface area (Å²) in [6.45, 7) is 8.37. The van der Waals surface area contributed by atoms with E-state index in [0.29, 0.717) is 5.92 Å². The third kappa shape index (κ3) is 2.91. The Morgan fingerprint density at radius 2 is 2.16 bits per heavy atom. The molecule has 104 valence electrons. The van der Waals surface area contributed by atoms with Crippen LogP contribution < -0.4 is 10.6 Å². The first-order chi connectivity index (χ1) is 9.00. The van der Waals surface area contributed by atoms with Crippen LogP contribution in [-0.2, 0) is 4.79 Å². The minimum Gasteiger partial charge on any atom is -0.370 e. The zero-order valence-corrected chi connectivity index (χ0v) is 12.1. The molecule has 1 amide bonds. The minimum absolute atomic E-state index is 0.00614. The number of carbonyl (C=O) groups is 1. The number of primary amides is 1. The van der Waals surface area contributed by atoms with Gasteiger partial charge >= 0.3 is 0 Å². The summed E-state index contributed by atoms with van der Waals surface area (Å²) in [6.07, 6.45) is 1.97. The Morgan fingerprint density at radius 3 is 2.79 bits per heavy atom. The summed E-state index contributed by atoms with van der Waals surface area (Å²) in [7, 11) is 0.